The molecule has 0 unspecified atom stereocenters. The van der Waals surface area contributed by atoms with E-state index >= 15 is 0 Å². The number of nitrogens with zero attached hydrogens (tertiary/aromatic N) is 1. The fourth-order valence-corrected chi connectivity index (χ4v) is 2.32. The largest absolute Gasteiger partial charge is 0.399 e. The number of hydrogen-bond donors (Lipinski definition) is 2. The summed E-state index contributed by atoms with van der Waals surface area (Å²) in [5.41, 5.74) is 7.61. The molecule has 2 rings (SSSR count). The lowest BCUT2D eigenvalue weighted by molar-refractivity contribution is 0.174. The van der Waals surface area contributed by atoms with E-state index in [2.05, 4.69) is 12.2 Å². The zero-order chi connectivity index (χ0) is 13.7. The Morgan fingerprint density at radius 1 is 1.32 bits per heavy atom. The quantitative estimate of drug-likeness (QED) is 0.820. The van der Waals surface area contributed by atoms with Crippen LogP contribution in [0.4, 0.5) is 10.5 Å². The molecule has 1 saturated heterocycles. The molecule has 0 radical (unpaired) electrons. The van der Waals surface area contributed by atoms with Crippen LogP contribution in [0.5, 0.6) is 0 Å². The van der Waals surface area contributed by atoms with Crippen LogP contribution in [0.3, 0.4) is 0 Å². The molecule has 0 spiro atoms. The van der Waals surface area contributed by atoms with E-state index in [4.69, 9.17) is 5.73 Å². The van der Waals surface area contributed by atoms with Crippen LogP contribution in [0.25, 0.3) is 0 Å². The number of urea groups is 1. The van der Waals surface area contributed by atoms with E-state index in [9.17, 15) is 4.79 Å². The molecule has 1 aromatic carbocycles. The SMILES string of the molecule is CC1CCN(C(=O)NCCc2ccc(N)cc2)CC1. The molecule has 1 fully saturated rings. The van der Waals surface area contributed by atoms with Gasteiger partial charge in [0.1, 0.15) is 0 Å². The van der Waals surface area contributed by atoms with Gasteiger partial charge in [-0.05, 0) is 42.9 Å². The molecule has 0 saturated carbocycles. The Hall–Kier alpha value is -1.71. The molecule has 0 atom stereocenters. The summed E-state index contributed by atoms with van der Waals surface area (Å²) in [6, 6.07) is 7.86. The number of piperidine rings is 1. The standard InChI is InChI=1S/C15H23N3O/c1-12-7-10-18(11-8-12)15(19)17-9-6-13-2-4-14(16)5-3-13/h2-5,12H,6-11,16H2,1H3,(H,17,19). The summed E-state index contributed by atoms with van der Waals surface area (Å²) in [4.78, 5) is 13.9. The Kier molecular flexibility index (Phi) is 4.66. The third kappa shape index (κ3) is 4.16. The van der Waals surface area contributed by atoms with E-state index in [1.54, 1.807) is 0 Å². The predicted octanol–water partition coefficient (Wildman–Crippen LogP) is 2.25. The second-order valence-electron chi connectivity index (χ2n) is 5.39. The van der Waals surface area contributed by atoms with Crippen LogP contribution in [0.2, 0.25) is 0 Å². The highest BCUT2D eigenvalue weighted by Gasteiger charge is 2.19. The maximum Gasteiger partial charge on any atom is 0.317 e. The Labute approximate surface area is 115 Å². The van der Waals surface area contributed by atoms with Crippen LogP contribution in [-0.2, 0) is 6.42 Å². The molecule has 1 heterocycles. The average molecular weight is 261 g/mol. The summed E-state index contributed by atoms with van der Waals surface area (Å²) in [7, 11) is 0. The topological polar surface area (TPSA) is 58.4 Å². The van der Waals surface area contributed by atoms with Gasteiger partial charge < -0.3 is 16.0 Å². The summed E-state index contributed by atoms with van der Waals surface area (Å²) < 4.78 is 0. The molecule has 1 aliphatic heterocycles. The molecule has 1 aliphatic rings. The number of nitrogen functional groups attached to an aromatic ring is 1. The molecule has 0 aromatic heterocycles. The first-order chi connectivity index (χ1) is 9.15. The first-order valence-electron chi connectivity index (χ1n) is 7.02. The monoisotopic (exact) mass is 261 g/mol. The number of anilines is 1. The lowest BCUT2D eigenvalue weighted by Crippen LogP contribution is -2.44. The maximum atomic E-state index is 11.9. The molecule has 2 amide bonds. The van der Waals surface area contributed by atoms with Crippen LogP contribution in [0.15, 0.2) is 24.3 Å². The van der Waals surface area contributed by atoms with Crippen LogP contribution in [-0.4, -0.2) is 30.6 Å². The maximum absolute atomic E-state index is 11.9. The fraction of sp³-hybridized carbons (Fsp3) is 0.533. The van der Waals surface area contributed by atoms with Crippen LogP contribution < -0.4 is 11.1 Å². The van der Waals surface area contributed by atoms with Gasteiger partial charge in [0.25, 0.3) is 0 Å². The molecule has 19 heavy (non-hydrogen) atoms. The minimum absolute atomic E-state index is 0.0716. The summed E-state index contributed by atoms with van der Waals surface area (Å²) in [6.45, 7) is 4.69. The predicted molar refractivity (Wildman–Crippen MR) is 77.9 cm³/mol. The normalized spacial score (nSPS) is 16.4. The van der Waals surface area contributed by atoms with E-state index < -0.39 is 0 Å². The van der Waals surface area contributed by atoms with Crippen molar-refractivity contribution in [2.75, 3.05) is 25.4 Å². The summed E-state index contributed by atoms with van der Waals surface area (Å²) in [5.74, 6) is 0.749. The third-order valence-corrected chi connectivity index (χ3v) is 3.74. The van der Waals surface area contributed by atoms with E-state index in [-0.39, 0.29) is 6.03 Å². The Bertz CT molecular complexity index is 408. The number of carbonyl (C=O) groups excluding carboxylic acids is 1. The molecule has 4 nitrogen and oxygen atoms in total. The lowest BCUT2D eigenvalue weighted by atomic mass is 10.00. The van der Waals surface area contributed by atoms with Crippen LogP contribution >= 0.6 is 0 Å². The van der Waals surface area contributed by atoms with E-state index in [1.165, 1.54) is 5.56 Å². The number of carbonyl (C=O) groups is 1. The number of likely N-dealkylation sites (tertiary alicyclic amines) is 1. The van der Waals surface area contributed by atoms with Crippen molar-refractivity contribution in [1.82, 2.24) is 10.2 Å². The Morgan fingerprint density at radius 2 is 1.95 bits per heavy atom. The van der Waals surface area contributed by atoms with Crippen molar-refractivity contribution >= 4 is 11.7 Å². The third-order valence-electron chi connectivity index (χ3n) is 3.74. The number of nitrogens with two attached hydrogens (primary N) is 1. The molecular formula is C15H23N3O. The molecule has 0 aliphatic carbocycles. The van der Waals surface area contributed by atoms with Gasteiger partial charge in [-0.3, -0.25) is 0 Å². The number of hydrogen-bond acceptors (Lipinski definition) is 2. The molecule has 0 bridgehead atoms. The molecule has 4 heteroatoms. The second-order valence-corrected chi connectivity index (χ2v) is 5.39. The highest BCUT2D eigenvalue weighted by molar-refractivity contribution is 5.74. The van der Waals surface area contributed by atoms with Gasteiger partial charge in [-0.15, -0.1) is 0 Å². The Balaban J connectivity index is 1.70. The summed E-state index contributed by atoms with van der Waals surface area (Å²) in [6.07, 6.45) is 3.08. The zero-order valence-electron chi connectivity index (χ0n) is 11.6. The first-order valence-corrected chi connectivity index (χ1v) is 7.02. The number of amides is 2. The number of nitrogens with one attached hydrogen (secondary N) is 1. The van der Waals surface area contributed by atoms with Crippen molar-refractivity contribution in [1.29, 1.82) is 0 Å². The Morgan fingerprint density at radius 3 is 2.58 bits per heavy atom. The van der Waals surface area contributed by atoms with Gasteiger partial charge in [0.2, 0.25) is 0 Å². The summed E-state index contributed by atoms with van der Waals surface area (Å²) in [5, 5.41) is 2.99. The lowest BCUT2D eigenvalue weighted by Gasteiger charge is -2.30. The van der Waals surface area contributed by atoms with Gasteiger partial charge in [-0.1, -0.05) is 19.1 Å². The minimum atomic E-state index is 0.0716. The van der Waals surface area contributed by atoms with E-state index in [1.807, 2.05) is 29.2 Å². The van der Waals surface area contributed by atoms with Crippen molar-refractivity contribution < 1.29 is 4.79 Å². The molecule has 104 valence electrons. The molecular weight excluding hydrogens is 238 g/mol. The van der Waals surface area contributed by atoms with Crippen LogP contribution in [0, 0.1) is 5.92 Å². The zero-order valence-corrected chi connectivity index (χ0v) is 11.6. The van der Waals surface area contributed by atoms with Gasteiger partial charge in [-0.2, -0.15) is 0 Å². The van der Waals surface area contributed by atoms with Crippen molar-refractivity contribution in [3.63, 3.8) is 0 Å². The summed E-state index contributed by atoms with van der Waals surface area (Å²) >= 11 is 0. The van der Waals surface area contributed by atoms with Crippen molar-refractivity contribution in [2.45, 2.75) is 26.2 Å². The van der Waals surface area contributed by atoms with E-state index in [0.717, 1.165) is 44.0 Å². The van der Waals surface area contributed by atoms with Crippen molar-refractivity contribution in [3.05, 3.63) is 29.8 Å². The smallest absolute Gasteiger partial charge is 0.317 e. The second kappa shape index (κ2) is 6.45. The highest BCUT2D eigenvalue weighted by atomic mass is 16.2. The van der Waals surface area contributed by atoms with Crippen molar-refractivity contribution in [3.8, 4) is 0 Å². The fourth-order valence-electron chi connectivity index (χ4n) is 2.32. The van der Waals surface area contributed by atoms with Gasteiger partial charge in [0, 0.05) is 25.3 Å². The molecule has 1 aromatic rings. The number of rotatable bonds is 3. The average Bonchev–Trinajstić information content (AvgIpc) is 2.41. The first kappa shape index (κ1) is 13.7. The van der Waals surface area contributed by atoms with E-state index in [0.29, 0.717) is 6.54 Å². The molecule has 3 N–H and O–H groups in total. The van der Waals surface area contributed by atoms with Crippen molar-refractivity contribution in [2.24, 2.45) is 5.92 Å². The van der Waals surface area contributed by atoms with Crippen LogP contribution in [0.1, 0.15) is 25.3 Å². The highest BCUT2D eigenvalue weighted by Crippen LogP contribution is 2.15. The van der Waals surface area contributed by atoms with Gasteiger partial charge in [0.05, 0.1) is 0 Å². The van der Waals surface area contributed by atoms with Gasteiger partial charge >= 0.3 is 6.03 Å². The minimum Gasteiger partial charge on any atom is -0.399 e. The number of benzene rings is 1. The van der Waals surface area contributed by atoms with Gasteiger partial charge in [-0.25, -0.2) is 4.79 Å². The van der Waals surface area contributed by atoms with Gasteiger partial charge in [0.15, 0.2) is 0 Å².